The van der Waals surface area contributed by atoms with Gasteiger partial charge in [0, 0.05) is 19.3 Å². The van der Waals surface area contributed by atoms with Gasteiger partial charge < -0.3 is 14.2 Å². The molecule has 0 aliphatic carbocycles. The van der Waals surface area contributed by atoms with Gasteiger partial charge >= 0.3 is 17.9 Å². The lowest BCUT2D eigenvalue weighted by Gasteiger charge is -2.18. The average Bonchev–Trinajstić information content (AvgIpc) is 3.21. The minimum atomic E-state index is -0.790. The van der Waals surface area contributed by atoms with Gasteiger partial charge in [0.15, 0.2) is 6.10 Å². The van der Waals surface area contributed by atoms with Gasteiger partial charge in [0.25, 0.3) is 0 Å². The maximum absolute atomic E-state index is 12.7. The van der Waals surface area contributed by atoms with Gasteiger partial charge in [-0.25, -0.2) is 0 Å². The Kier molecular flexibility index (Phi) is 43.5. The average molecular weight is 797 g/mol. The molecule has 0 saturated heterocycles. The Labute approximate surface area is 351 Å². The van der Waals surface area contributed by atoms with Crippen LogP contribution >= 0.6 is 0 Å². The van der Waals surface area contributed by atoms with Gasteiger partial charge in [0.05, 0.1) is 0 Å². The van der Waals surface area contributed by atoms with Crippen LogP contribution in [0.3, 0.4) is 0 Å². The fraction of sp³-hybridized carbons (Fsp3) is 0.745. The molecule has 328 valence electrons. The zero-order valence-electron chi connectivity index (χ0n) is 37.3. The molecule has 0 spiro atoms. The van der Waals surface area contributed by atoms with Crippen molar-refractivity contribution in [2.24, 2.45) is 0 Å². The van der Waals surface area contributed by atoms with Crippen molar-refractivity contribution in [3.63, 3.8) is 0 Å². The number of unbranched alkanes of at least 4 members (excludes halogenated alkanes) is 21. The summed E-state index contributed by atoms with van der Waals surface area (Å²) in [7, 11) is 0. The molecule has 0 aromatic rings. The highest BCUT2D eigenvalue weighted by atomic mass is 16.6. The summed E-state index contributed by atoms with van der Waals surface area (Å²) in [5, 5.41) is 0. The van der Waals surface area contributed by atoms with Gasteiger partial charge in [-0.15, -0.1) is 0 Å². The van der Waals surface area contributed by atoms with Crippen LogP contribution in [-0.2, 0) is 28.6 Å². The van der Waals surface area contributed by atoms with Crippen LogP contribution in [0.2, 0.25) is 0 Å². The molecule has 6 nitrogen and oxygen atoms in total. The van der Waals surface area contributed by atoms with Gasteiger partial charge in [-0.2, -0.15) is 0 Å². The first-order valence-electron chi connectivity index (χ1n) is 23.8. The molecule has 0 aliphatic heterocycles. The van der Waals surface area contributed by atoms with Crippen LogP contribution in [0.4, 0.5) is 0 Å². The first kappa shape index (κ1) is 54.1. The first-order valence-corrected chi connectivity index (χ1v) is 23.8. The summed E-state index contributed by atoms with van der Waals surface area (Å²) in [6.45, 7) is 6.45. The SMILES string of the molecule is CC/C=C\C/C=C\C/C=C\C/C=C\C/C=C\CCCC(=O)OC[C@@H](COC(=O)CCCCCCCCCCCC)OC(=O)CCCCCCCCCCCCCC. The highest BCUT2D eigenvalue weighted by molar-refractivity contribution is 5.71. The van der Waals surface area contributed by atoms with Gasteiger partial charge in [-0.05, 0) is 57.8 Å². The number of ether oxygens (including phenoxy) is 3. The van der Waals surface area contributed by atoms with Crippen LogP contribution in [0.5, 0.6) is 0 Å². The Morgan fingerprint density at radius 1 is 0.368 bits per heavy atom. The molecule has 57 heavy (non-hydrogen) atoms. The van der Waals surface area contributed by atoms with E-state index in [0.29, 0.717) is 19.3 Å². The maximum Gasteiger partial charge on any atom is 0.306 e. The molecule has 0 aromatic carbocycles. The first-order chi connectivity index (χ1) is 28.0. The van der Waals surface area contributed by atoms with Crippen molar-refractivity contribution in [3.8, 4) is 0 Å². The number of carbonyl (C=O) groups is 3. The molecule has 0 bridgehead atoms. The molecule has 1 atom stereocenters. The lowest BCUT2D eigenvalue weighted by molar-refractivity contribution is -0.167. The van der Waals surface area contributed by atoms with E-state index in [4.69, 9.17) is 14.2 Å². The number of carbonyl (C=O) groups excluding carboxylic acids is 3. The van der Waals surface area contributed by atoms with Crippen molar-refractivity contribution in [3.05, 3.63) is 60.8 Å². The summed E-state index contributed by atoms with van der Waals surface area (Å²) in [6.07, 6.45) is 54.9. The monoisotopic (exact) mass is 797 g/mol. The molecule has 0 amide bonds. The molecule has 0 aliphatic rings. The largest absolute Gasteiger partial charge is 0.462 e. The summed E-state index contributed by atoms with van der Waals surface area (Å²) in [5.41, 5.74) is 0. The van der Waals surface area contributed by atoms with Crippen LogP contribution in [0, 0.1) is 0 Å². The van der Waals surface area contributed by atoms with E-state index in [1.54, 1.807) is 0 Å². The maximum atomic E-state index is 12.7. The number of rotatable bonds is 42. The van der Waals surface area contributed by atoms with Crippen molar-refractivity contribution in [1.82, 2.24) is 0 Å². The second-order valence-electron chi connectivity index (χ2n) is 15.6. The minimum Gasteiger partial charge on any atom is -0.462 e. The Morgan fingerprint density at radius 2 is 0.684 bits per heavy atom. The van der Waals surface area contributed by atoms with Gasteiger partial charge in [-0.1, -0.05) is 210 Å². The molecule has 0 unspecified atom stereocenters. The van der Waals surface area contributed by atoms with Crippen molar-refractivity contribution >= 4 is 17.9 Å². The second kappa shape index (κ2) is 45.8. The molecule has 0 aromatic heterocycles. The summed E-state index contributed by atoms with van der Waals surface area (Å²) < 4.78 is 16.7. The van der Waals surface area contributed by atoms with Crippen LogP contribution < -0.4 is 0 Å². The highest BCUT2D eigenvalue weighted by Crippen LogP contribution is 2.14. The van der Waals surface area contributed by atoms with Crippen molar-refractivity contribution < 1.29 is 28.6 Å². The second-order valence-corrected chi connectivity index (χ2v) is 15.6. The topological polar surface area (TPSA) is 78.9 Å². The standard InChI is InChI=1S/C51H88O6/c1-4-7-10-13-16-19-22-24-25-26-27-28-30-32-35-38-41-44-50(53)56-47-48(46-55-49(52)43-40-37-34-31-21-18-15-12-9-6-3)57-51(54)45-42-39-36-33-29-23-20-17-14-11-8-5-2/h7,10,16,19,24-25,27-28,32,35,48H,4-6,8-9,11-15,17-18,20-23,26,29-31,33-34,36-47H2,1-3H3/b10-7-,19-16-,25-24-,28-27-,35-32-/t48-/m1/s1. The third-order valence-corrected chi connectivity index (χ3v) is 10.0. The number of esters is 3. The van der Waals surface area contributed by atoms with Gasteiger partial charge in [0.1, 0.15) is 13.2 Å². The lowest BCUT2D eigenvalue weighted by atomic mass is 10.0. The summed E-state index contributed by atoms with van der Waals surface area (Å²) >= 11 is 0. The zero-order valence-corrected chi connectivity index (χ0v) is 37.3. The number of allylic oxidation sites excluding steroid dienone is 10. The van der Waals surface area contributed by atoms with E-state index in [1.807, 2.05) is 0 Å². The highest BCUT2D eigenvalue weighted by Gasteiger charge is 2.19. The number of hydrogen-bond donors (Lipinski definition) is 0. The van der Waals surface area contributed by atoms with E-state index < -0.39 is 6.10 Å². The summed E-state index contributed by atoms with van der Waals surface area (Å²) in [4.78, 5) is 37.7. The van der Waals surface area contributed by atoms with Crippen molar-refractivity contribution in [2.75, 3.05) is 13.2 Å². The van der Waals surface area contributed by atoms with Crippen molar-refractivity contribution in [2.45, 2.75) is 232 Å². The zero-order chi connectivity index (χ0) is 41.5. The van der Waals surface area contributed by atoms with Gasteiger partial charge in [-0.3, -0.25) is 14.4 Å². The van der Waals surface area contributed by atoms with E-state index in [9.17, 15) is 14.4 Å². The quantitative estimate of drug-likeness (QED) is 0.0265. The Hall–Kier alpha value is -2.89. The Bertz CT molecular complexity index is 1050. The van der Waals surface area contributed by atoms with Gasteiger partial charge in [0.2, 0.25) is 0 Å². The van der Waals surface area contributed by atoms with Crippen LogP contribution in [-0.4, -0.2) is 37.2 Å². The fourth-order valence-electron chi connectivity index (χ4n) is 6.48. The fourth-order valence-corrected chi connectivity index (χ4v) is 6.48. The van der Waals surface area contributed by atoms with E-state index >= 15 is 0 Å². The van der Waals surface area contributed by atoms with Crippen molar-refractivity contribution in [1.29, 1.82) is 0 Å². The molecule has 0 saturated carbocycles. The number of hydrogen-bond acceptors (Lipinski definition) is 6. The molecule has 0 radical (unpaired) electrons. The van der Waals surface area contributed by atoms with Crippen LogP contribution in [0.1, 0.15) is 226 Å². The van der Waals surface area contributed by atoms with Crippen LogP contribution in [0.25, 0.3) is 0 Å². The van der Waals surface area contributed by atoms with E-state index in [-0.39, 0.29) is 37.5 Å². The Morgan fingerprint density at radius 3 is 1.07 bits per heavy atom. The predicted octanol–water partition coefficient (Wildman–Crippen LogP) is 15.3. The summed E-state index contributed by atoms with van der Waals surface area (Å²) in [5.74, 6) is -0.951. The molecular weight excluding hydrogens is 709 g/mol. The minimum absolute atomic E-state index is 0.0892. The normalized spacial score (nSPS) is 12.5. The molecule has 0 heterocycles. The third-order valence-electron chi connectivity index (χ3n) is 10.0. The Balaban J connectivity index is 4.44. The van der Waals surface area contributed by atoms with E-state index in [1.165, 1.54) is 103 Å². The van der Waals surface area contributed by atoms with E-state index in [2.05, 4.69) is 81.5 Å². The lowest BCUT2D eigenvalue weighted by Crippen LogP contribution is -2.30. The third kappa shape index (κ3) is 44.1. The predicted molar refractivity (Wildman–Crippen MR) is 242 cm³/mol. The van der Waals surface area contributed by atoms with Crippen LogP contribution in [0.15, 0.2) is 60.8 Å². The molecule has 0 fully saturated rings. The summed E-state index contributed by atoms with van der Waals surface area (Å²) in [6, 6.07) is 0. The molecule has 6 heteroatoms. The molecule has 0 rings (SSSR count). The molecular formula is C51H88O6. The van der Waals surface area contributed by atoms with E-state index in [0.717, 1.165) is 77.0 Å². The smallest absolute Gasteiger partial charge is 0.306 e. The molecule has 0 N–H and O–H groups in total.